The molecule has 1 aromatic carbocycles. The van der Waals surface area contributed by atoms with Crippen molar-refractivity contribution in [3.8, 4) is 5.75 Å². The minimum absolute atomic E-state index is 0.249. The molecule has 1 aromatic rings. The van der Waals surface area contributed by atoms with Gasteiger partial charge in [-0.05, 0) is 53.6 Å². The molecule has 3 heteroatoms. The smallest absolute Gasteiger partial charge is 0.120 e. The van der Waals surface area contributed by atoms with Crippen molar-refractivity contribution in [3.05, 3.63) is 27.8 Å². The summed E-state index contributed by atoms with van der Waals surface area (Å²) >= 11 is 8.90. The van der Waals surface area contributed by atoms with Gasteiger partial charge < -0.3 is 4.74 Å². The zero-order valence-corrected chi connectivity index (χ0v) is 14.0. The van der Waals surface area contributed by atoms with Gasteiger partial charge in [0.1, 0.15) is 11.9 Å². The topological polar surface area (TPSA) is 9.23 Å². The lowest BCUT2D eigenvalue weighted by atomic mass is 9.61. The van der Waals surface area contributed by atoms with Crippen LogP contribution in [0.5, 0.6) is 5.75 Å². The number of benzene rings is 1. The first kappa shape index (κ1) is 14.0. The van der Waals surface area contributed by atoms with Gasteiger partial charge in [-0.1, -0.05) is 31.7 Å². The zero-order chi connectivity index (χ0) is 13.3. The third-order valence-electron chi connectivity index (χ3n) is 4.79. The third kappa shape index (κ3) is 2.76. The predicted octanol–water partition coefficient (Wildman–Crippen LogP) is 5.39. The van der Waals surface area contributed by atoms with E-state index in [0.717, 1.165) is 12.2 Å². The standard InChI is InChI=1S/C16H20ClIO/c17-14-11-15(16(14)8-3-1-2-4-9-16)19-13-7-5-6-12(18)10-13/h5-7,10,14-15H,1-4,8-9,11H2. The first-order chi connectivity index (χ1) is 9.21. The Balaban J connectivity index is 1.74. The molecule has 0 amide bonds. The van der Waals surface area contributed by atoms with Crippen LogP contribution >= 0.6 is 34.2 Å². The van der Waals surface area contributed by atoms with Crippen molar-refractivity contribution < 1.29 is 4.74 Å². The van der Waals surface area contributed by atoms with Crippen LogP contribution in [-0.2, 0) is 0 Å². The molecule has 3 rings (SSSR count). The van der Waals surface area contributed by atoms with Crippen LogP contribution in [0.4, 0.5) is 0 Å². The van der Waals surface area contributed by atoms with E-state index in [4.69, 9.17) is 16.3 Å². The van der Waals surface area contributed by atoms with Crippen LogP contribution in [0.25, 0.3) is 0 Å². The van der Waals surface area contributed by atoms with Crippen molar-refractivity contribution in [2.45, 2.75) is 56.4 Å². The van der Waals surface area contributed by atoms with Gasteiger partial charge >= 0.3 is 0 Å². The van der Waals surface area contributed by atoms with Crippen LogP contribution in [0.15, 0.2) is 24.3 Å². The van der Waals surface area contributed by atoms with Crippen molar-refractivity contribution in [3.63, 3.8) is 0 Å². The number of halogens is 2. The van der Waals surface area contributed by atoms with Crippen molar-refractivity contribution >= 4 is 34.2 Å². The SMILES string of the molecule is ClC1CC(Oc2cccc(I)c2)C12CCCCCC2. The minimum Gasteiger partial charge on any atom is -0.490 e. The van der Waals surface area contributed by atoms with Crippen LogP contribution in [0.1, 0.15) is 44.9 Å². The van der Waals surface area contributed by atoms with E-state index < -0.39 is 0 Å². The van der Waals surface area contributed by atoms with E-state index in [0.29, 0.717) is 11.5 Å². The fourth-order valence-corrected chi connectivity index (χ4v) is 4.63. The number of hydrogen-bond acceptors (Lipinski definition) is 1. The van der Waals surface area contributed by atoms with Crippen LogP contribution in [-0.4, -0.2) is 11.5 Å². The van der Waals surface area contributed by atoms with Crippen molar-refractivity contribution in [2.75, 3.05) is 0 Å². The monoisotopic (exact) mass is 390 g/mol. The Morgan fingerprint density at radius 2 is 1.89 bits per heavy atom. The molecular weight excluding hydrogens is 371 g/mol. The summed E-state index contributed by atoms with van der Waals surface area (Å²) in [5, 5.41) is 0.318. The summed E-state index contributed by atoms with van der Waals surface area (Å²) < 4.78 is 7.49. The van der Waals surface area contributed by atoms with Crippen LogP contribution in [0, 0.1) is 8.99 Å². The summed E-state index contributed by atoms with van der Waals surface area (Å²) in [6.45, 7) is 0. The Morgan fingerprint density at radius 1 is 1.16 bits per heavy atom. The molecule has 1 spiro atoms. The van der Waals surface area contributed by atoms with Gasteiger partial charge in [0.25, 0.3) is 0 Å². The molecule has 0 bridgehead atoms. The molecule has 2 unspecified atom stereocenters. The Hall–Kier alpha value is 0.0400. The fraction of sp³-hybridized carbons (Fsp3) is 0.625. The zero-order valence-electron chi connectivity index (χ0n) is 11.1. The maximum absolute atomic E-state index is 6.57. The van der Waals surface area contributed by atoms with E-state index in [1.165, 1.54) is 42.1 Å². The first-order valence-electron chi connectivity index (χ1n) is 7.27. The summed E-state index contributed by atoms with van der Waals surface area (Å²) in [4.78, 5) is 0. The molecule has 2 fully saturated rings. The van der Waals surface area contributed by atoms with E-state index in [1.807, 2.05) is 0 Å². The molecule has 1 nitrogen and oxygen atoms in total. The maximum atomic E-state index is 6.57. The lowest BCUT2D eigenvalue weighted by Gasteiger charge is -2.53. The molecule has 104 valence electrons. The molecular formula is C16H20ClIO. The summed E-state index contributed by atoms with van der Waals surface area (Å²) in [7, 11) is 0. The highest BCUT2D eigenvalue weighted by atomic mass is 127. The molecule has 0 aromatic heterocycles. The number of hydrogen-bond donors (Lipinski definition) is 0. The molecule has 2 saturated carbocycles. The number of ether oxygens (including phenoxy) is 1. The summed E-state index contributed by atoms with van der Waals surface area (Å²) in [5.74, 6) is 1.00. The van der Waals surface area contributed by atoms with Gasteiger partial charge in [0.2, 0.25) is 0 Å². The fourth-order valence-electron chi connectivity index (χ4n) is 3.59. The van der Waals surface area contributed by atoms with Crippen molar-refractivity contribution in [2.24, 2.45) is 5.41 Å². The van der Waals surface area contributed by atoms with E-state index in [9.17, 15) is 0 Å². The summed E-state index contributed by atoms with van der Waals surface area (Å²) in [6, 6.07) is 8.34. The van der Waals surface area contributed by atoms with E-state index >= 15 is 0 Å². The predicted molar refractivity (Wildman–Crippen MR) is 88.0 cm³/mol. The maximum Gasteiger partial charge on any atom is 0.120 e. The molecule has 0 radical (unpaired) electrons. The Bertz CT molecular complexity index is 440. The highest BCUT2D eigenvalue weighted by molar-refractivity contribution is 14.1. The van der Waals surface area contributed by atoms with Gasteiger partial charge in [0.15, 0.2) is 0 Å². The van der Waals surface area contributed by atoms with E-state index in [-0.39, 0.29) is 5.41 Å². The van der Waals surface area contributed by atoms with Crippen LogP contribution in [0.3, 0.4) is 0 Å². The molecule has 0 heterocycles. The van der Waals surface area contributed by atoms with Gasteiger partial charge in [-0.2, -0.15) is 0 Å². The Kier molecular flexibility index (Phi) is 4.28. The van der Waals surface area contributed by atoms with Crippen molar-refractivity contribution in [1.29, 1.82) is 0 Å². The molecule has 0 N–H and O–H groups in total. The van der Waals surface area contributed by atoms with Gasteiger partial charge in [-0.25, -0.2) is 0 Å². The summed E-state index contributed by atoms with van der Waals surface area (Å²) in [6.07, 6.45) is 9.18. The normalized spacial score (nSPS) is 29.6. The highest BCUT2D eigenvalue weighted by Crippen LogP contribution is 2.55. The van der Waals surface area contributed by atoms with Crippen LogP contribution in [0.2, 0.25) is 0 Å². The quantitative estimate of drug-likeness (QED) is 0.486. The average Bonchev–Trinajstić information content (AvgIpc) is 2.66. The summed E-state index contributed by atoms with van der Waals surface area (Å²) in [5.41, 5.74) is 0.249. The van der Waals surface area contributed by atoms with E-state index in [1.54, 1.807) is 0 Å². The van der Waals surface area contributed by atoms with Gasteiger partial charge in [-0.15, -0.1) is 11.6 Å². The molecule has 0 saturated heterocycles. The molecule has 2 aliphatic rings. The molecule has 0 aliphatic heterocycles. The minimum atomic E-state index is 0.249. The molecule has 2 atom stereocenters. The van der Waals surface area contributed by atoms with Gasteiger partial charge in [-0.3, -0.25) is 0 Å². The Labute approximate surface area is 134 Å². The largest absolute Gasteiger partial charge is 0.490 e. The second kappa shape index (κ2) is 5.80. The van der Waals surface area contributed by atoms with Crippen LogP contribution < -0.4 is 4.74 Å². The molecule has 2 aliphatic carbocycles. The number of rotatable bonds is 2. The first-order valence-corrected chi connectivity index (χ1v) is 8.78. The van der Waals surface area contributed by atoms with Crippen molar-refractivity contribution in [1.82, 2.24) is 0 Å². The van der Waals surface area contributed by atoms with E-state index in [2.05, 4.69) is 46.9 Å². The average molecular weight is 391 g/mol. The van der Waals surface area contributed by atoms with Gasteiger partial charge in [0, 0.05) is 20.8 Å². The Morgan fingerprint density at radius 3 is 2.53 bits per heavy atom. The molecule has 19 heavy (non-hydrogen) atoms. The lowest BCUT2D eigenvalue weighted by Crippen LogP contribution is -2.57. The van der Waals surface area contributed by atoms with Gasteiger partial charge in [0.05, 0.1) is 0 Å². The number of alkyl halides is 1. The second-order valence-electron chi connectivity index (χ2n) is 5.91. The third-order valence-corrected chi connectivity index (χ3v) is 6.08. The highest BCUT2D eigenvalue weighted by Gasteiger charge is 2.55. The second-order valence-corrected chi connectivity index (χ2v) is 7.69. The lowest BCUT2D eigenvalue weighted by molar-refractivity contribution is -0.0512.